The van der Waals surface area contributed by atoms with Crippen LogP contribution in [0, 0.1) is 6.92 Å². The molecule has 0 saturated carbocycles. The molecule has 4 nitrogen and oxygen atoms in total. The number of amides is 1. The summed E-state index contributed by atoms with van der Waals surface area (Å²) in [4.78, 5) is 12.1. The number of alkyl halides is 3. The molecule has 0 saturated heterocycles. The Morgan fingerprint density at radius 2 is 1.89 bits per heavy atom. The average Bonchev–Trinajstić information content (AvgIpc) is 2.61. The molecule has 0 aromatic heterocycles. The molecule has 0 heterocycles. The third-order valence-corrected chi connectivity index (χ3v) is 3.97. The van der Waals surface area contributed by atoms with Crippen molar-refractivity contribution in [2.45, 2.75) is 25.9 Å². The second-order valence-electron chi connectivity index (χ2n) is 5.90. The number of carbonyl (C=O) groups is 1. The van der Waals surface area contributed by atoms with Gasteiger partial charge in [0.05, 0.1) is 7.11 Å². The molecule has 2 aromatic rings. The maximum atomic E-state index is 12.3. The largest absolute Gasteiger partial charge is 0.493 e. The molecule has 0 bridgehead atoms. The molecule has 1 N–H and O–H groups in total. The maximum Gasteiger partial charge on any atom is 0.422 e. The number of hydrogen-bond donors (Lipinski definition) is 1. The topological polar surface area (TPSA) is 47.6 Å². The van der Waals surface area contributed by atoms with Gasteiger partial charge in [0.2, 0.25) is 5.91 Å². The lowest BCUT2D eigenvalue weighted by Crippen LogP contribution is -2.19. The second-order valence-corrected chi connectivity index (χ2v) is 6.33. The van der Waals surface area contributed by atoms with Gasteiger partial charge in [0, 0.05) is 17.1 Å². The third-order valence-electron chi connectivity index (χ3n) is 3.73. The molecule has 0 fully saturated rings. The van der Waals surface area contributed by atoms with Crippen LogP contribution in [-0.2, 0) is 11.2 Å². The van der Waals surface area contributed by atoms with Gasteiger partial charge < -0.3 is 14.8 Å². The Morgan fingerprint density at radius 1 is 1.15 bits per heavy atom. The molecule has 2 aromatic carbocycles. The minimum absolute atomic E-state index is 0.00224. The number of halogens is 4. The van der Waals surface area contributed by atoms with Gasteiger partial charge in [-0.15, -0.1) is 0 Å². The van der Waals surface area contributed by atoms with E-state index in [0.29, 0.717) is 17.1 Å². The van der Waals surface area contributed by atoms with Gasteiger partial charge >= 0.3 is 6.18 Å². The van der Waals surface area contributed by atoms with Gasteiger partial charge in [0.1, 0.15) is 0 Å². The van der Waals surface area contributed by atoms with Gasteiger partial charge in [0.25, 0.3) is 0 Å². The lowest BCUT2D eigenvalue weighted by atomic mass is 10.1. The molecule has 0 aliphatic rings. The molecule has 8 heteroatoms. The van der Waals surface area contributed by atoms with Crippen molar-refractivity contribution in [3.8, 4) is 11.5 Å². The van der Waals surface area contributed by atoms with Crippen molar-refractivity contribution in [3.05, 3.63) is 52.5 Å². The summed E-state index contributed by atoms with van der Waals surface area (Å²) in [5.41, 5.74) is 2.27. The number of carbonyl (C=O) groups excluding carboxylic acids is 1. The van der Waals surface area contributed by atoms with E-state index in [-0.39, 0.29) is 23.8 Å². The molecule has 0 aliphatic heterocycles. The highest BCUT2D eigenvalue weighted by molar-refractivity contribution is 6.31. The van der Waals surface area contributed by atoms with Crippen molar-refractivity contribution >= 4 is 23.2 Å². The van der Waals surface area contributed by atoms with E-state index < -0.39 is 12.8 Å². The molecule has 0 spiro atoms. The monoisotopic (exact) mass is 401 g/mol. The van der Waals surface area contributed by atoms with E-state index in [0.717, 1.165) is 11.1 Å². The fourth-order valence-electron chi connectivity index (χ4n) is 2.35. The Labute approximate surface area is 160 Å². The van der Waals surface area contributed by atoms with E-state index in [9.17, 15) is 18.0 Å². The smallest absolute Gasteiger partial charge is 0.422 e. The SMILES string of the molecule is COc1cc(CCC(=O)Nc2cc(Cl)ccc2C)ccc1OCC(F)(F)F. The zero-order valence-electron chi connectivity index (χ0n) is 14.8. The average molecular weight is 402 g/mol. The van der Waals surface area contributed by atoms with E-state index in [1.807, 2.05) is 13.0 Å². The Balaban J connectivity index is 1.96. The molecule has 0 atom stereocenters. The number of hydrogen-bond acceptors (Lipinski definition) is 3. The van der Waals surface area contributed by atoms with Gasteiger partial charge in [-0.3, -0.25) is 4.79 Å². The Hall–Kier alpha value is -2.41. The standard InChI is InChI=1S/C19H19ClF3NO3/c1-12-3-6-14(20)10-15(12)24-18(25)8-5-13-4-7-16(17(9-13)26-2)27-11-19(21,22)23/h3-4,6-7,9-10H,5,8,11H2,1-2H3,(H,24,25). The maximum absolute atomic E-state index is 12.3. The number of aryl methyl sites for hydroxylation is 2. The Bertz CT molecular complexity index is 809. The molecular weight excluding hydrogens is 383 g/mol. The Kier molecular flexibility index (Phi) is 6.96. The predicted molar refractivity (Wildman–Crippen MR) is 97.7 cm³/mol. The van der Waals surface area contributed by atoms with Gasteiger partial charge in [-0.1, -0.05) is 23.7 Å². The van der Waals surface area contributed by atoms with Crippen LogP contribution in [-0.4, -0.2) is 25.8 Å². The number of rotatable bonds is 7. The first-order valence-corrected chi connectivity index (χ1v) is 8.48. The molecule has 0 aliphatic carbocycles. The zero-order valence-corrected chi connectivity index (χ0v) is 15.6. The first-order valence-electron chi connectivity index (χ1n) is 8.10. The third kappa shape index (κ3) is 6.67. The van der Waals surface area contributed by atoms with Crippen molar-refractivity contribution < 1.29 is 27.4 Å². The minimum Gasteiger partial charge on any atom is -0.493 e. The molecular formula is C19H19ClF3NO3. The van der Waals surface area contributed by atoms with Gasteiger partial charge in [0.15, 0.2) is 18.1 Å². The van der Waals surface area contributed by atoms with Crippen molar-refractivity contribution in [1.82, 2.24) is 0 Å². The van der Waals surface area contributed by atoms with Crippen LogP contribution < -0.4 is 14.8 Å². The van der Waals surface area contributed by atoms with Crippen LogP contribution in [0.1, 0.15) is 17.5 Å². The predicted octanol–water partition coefficient (Wildman–Crippen LogP) is 5.17. The molecule has 0 radical (unpaired) electrons. The highest BCUT2D eigenvalue weighted by Gasteiger charge is 2.29. The number of ether oxygens (including phenoxy) is 2. The number of nitrogens with one attached hydrogen (secondary N) is 1. The van der Waals surface area contributed by atoms with Crippen LogP contribution in [0.15, 0.2) is 36.4 Å². The lowest BCUT2D eigenvalue weighted by Gasteiger charge is -2.13. The van der Waals surface area contributed by atoms with Crippen LogP contribution in [0.4, 0.5) is 18.9 Å². The highest BCUT2D eigenvalue weighted by atomic mass is 35.5. The summed E-state index contributed by atoms with van der Waals surface area (Å²) in [6, 6.07) is 9.78. The summed E-state index contributed by atoms with van der Waals surface area (Å²) < 4.78 is 46.6. The van der Waals surface area contributed by atoms with Crippen LogP contribution in [0.25, 0.3) is 0 Å². The van der Waals surface area contributed by atoms with Crippen LogP contribution in [0.2, 0.25) is 5.02 Å². The quantitative estimate of drug-likeness (QED) is 0.696. The molecule has 1 amide bonds. The number of methoxy groups -OCH3 is 1. The van der Waals surface area contributed by atoms with E-state index in [1.54, 1.807) is 24.3 Å². The van der Waals surface area contributed by atoms with Gasteiger partial charge in [-0.25, -0.2) is 0 Å². The summed E-state index contributed by atoms with van der Waals surface area (Å²) >= 11 is 5.93. The molecule has 0 unspecified atom stereocenters. The highest BCUT2D eigenvalue weighted by Crippen LogP contribution is 2.30. The summed E-state index contributed by atoms with van der Waals surface area (Å²) in [5, 5.41) is 3.32. The first-order chi connectivity index (χ1) is 12.7. The van der Waals surface area contributed by atoms with Crippen LogP contribution in [0.5, 0.6) is 11.5 Å². The van der Waals surface area contributed by atoms with Crippen molar-refractivity contribution in [2.75, 3.05) is 19.0 Å². The van der Waals surface area contributed by atoms with Gasteiger partial charge in [-0.2, -0.15) is 13.2 Å². The normalized spacial score (nSPS) is 11.2. The van der Waals surface area contributed by atoms with E-state index in [4.69, 9.17) is 21.1 Å². The summed E-state index contributed by atoms with van der Waals surface area (Å²) in [6.45, 7) is 0.459. The second kappa shape index (κ2) is 8.99. The number of anilines is 1. The lowest BCUT2D eigenvalue weighted by molar-refractivity contribution is -0.153. The summed E-state index contributed by atoms with van der Waals surface area (Å²) in [6.07, 6.45) is -3.85. The Morgan fingerprint density at radius 3 is 2.56 bits per heavy atom. The summed E-state index contributed by atoms with van der Waals surface area (Å²) in [5.74, 6) is -0.0165. The molecule has 27 heavy (non-hydrogen) atoms. The zero-order chi connectivity index (χ0) is 20.0. The summed E-state index contributed by atoms with van der Waals surface area (Å²) in [7, 11) is 1.34. The first kappa shape index (κ1) is 20.9. The van der Waals surface area contributed by atoms with Crippen LogP contribution >= 0.6 is 11.6 Å². The fourth-order valence-corrected chi connectivity index (χ4v) is 2.52. The van der Waals surface area contributed by atoms with Crippen molar-refractivity contribution in [1.29, 1.82) is 0 Å². The number of benzene rings is 2. The van der Waals surface area contributed by atoms with E-state index in [2.05, 4.69) is 5.32 Å². The fraction of sp³-hybridized carbons (Fsp3) is 0.316. The van der Waals surface area contributed by atoms with Crippen molar-refractivity contribution in [2.24, 2.45) is 0 Å². The molecule has 2 rings (SSSR count). The van der Waals surface area contributed by atoms with E-state index in [1.165, 1.54) is 13.2 Å². The van der Waals surface area contributed by atoms with Crippen molar-refractivity contribution in [3.63, 3.8) is 0 Å². The molecule has 146 valence electrons. The van der Waals surface area contributed by atoms with Crippen LogP contribution in [0.3, 0.4) is 0 Å². The minimum atomic E-state index is -4.43. The van der Waals surface area contributed by atoms with Gasteiger partial charge in [-0.05, 0) is 48.7 Å². The van der Waals surface area contributed by atoms with E-state index >= 15 is 0 Å².